The highest BCUT2D eigenvalue weighted by Gasteiger charge is 2.31. The first-order valence-electron chi connectivity index (χ1n) is 6.06. The highest BCUT2D eigenvalue weighted by atomic mass is 32.1. The molecule has 1 unspecified atom stereocenters. The van der Waals surface area contributed by atoms with Crippen LogP contribution in [0.25, 0.3) is 0 Å². The number of nitrogens with zero attached hydrogens (tertiary/aromatic N) is 2. The van der Waals surface area contributed by atoms with Crippen LogP contribution in [0.1, 0.15) is 35.8 Å². The molecule has 1 aromatic rings. The predicted octanol–water partition coefficient (Wildman–Crippen LogP) is 1.28. The monoisotopic (exact) mass is 270 g/mol. The molecule has 1 N–H and O–H groups in total. The van der Waals surface area contributed by atoms with Gasteiger partial charge in [0.15, 0.2) is 0 Å². The number of rotatable bonds is 4. The molecule has 1 atom stereocenters. The third-order valence-electron chi connectivity index (χ3n) is 2.92. The highest BCUT2D eigenvalue weighted by Crippen LogP contribution is 2.22. The fraction of sp³-hybridized carbons (Fsp3) is 0.667. The summed E-state index contributed by atoms with van der Waals surface area (Å²) in [7, 11) is 0. The number of carbonyl (C=O) groups excluding carboxylic acids is 1. The number of thiazole rings is 1. The molecular formula is C12H18N2O3S. The van der Waals surface area contributed by atoms with Gasteiger partial charge in [-0.3, -0.25) is 4.90 Å². The lowest BCUT2D eigenvalue weighted by Crippen LogP contribution is -2.29. The Morgan fingerprint density at radius 2 is 2.50 bits per heavy atom. The molecule has 1 saturated heterocycles. The van der Waals surface area contributed by atoms with E-state index < -0.39 is 5.60 Å². The smallest absolute Gasteiger partial charge is 0.367 e. The molecule has 1 aromatic heterocycles. The quantitative estimate of drug-likeness (QED) is 0.835. The maximum Gasteiger partial charge on any atom is 0.367 e. The van der Waals surface area contributed by atoms with Crippen LogP contribution in [-0.2, 0) is 11.3 Å². The van der Waals surface area contributed by atoms with Gasteiger partial charge in [0.25, 0.3) is 0 Å². The van der Waals surface area contributed by atoms with E-state index in [9.17, 15) is 9.90 Å². The van der Waals surface area contributed by atoms with Crippen LogP contribution in [0.4, 0.5) is 0 Å². The van der Waals surface area contributed by atoms with Gasteiger partial charge in [-0.15, -0.1) is 11.3 Å². The van der Waals surface area contributed by atoms with Crippen molar-refractivity contribution in [3.63, 3.8) is 0 Å². The third-order valence-corrected chi connectivity index (χ3v) is 3.79. The van der Waals surface area contributed by atoms with Crippen molar-refractivity contribution >= 4 is 17.3 Å². The summed E-state index contributed by atoms with van der Waals surface area (Å²) in [5.74, 6) is -0.359. The van der Waals surface area contributed by atoms with Crippen molar-refractivity contribution in [2.75, 3.05) is 19.7 Å². The standard InChI is InChI=1S/C12H18N2O3S/c1-3-17-11(15)10-13-9(7-18-10)6-14-5-4-12(2,16)8-14/h7,16H,3-6,8H2,1-2H3. The normalized spacial score (nSPS) is 24.4. The van der Waals surface area contributed by atoms with Crippen LogP contribution < -0.4 is 0 Å². The van der Waals surface area contributed by atoms with E-state index in [1.54, 1.807) is 6.92 Å². The zero-order valence-electron chi connectivity index (χ0n) is 10.7. The van der Waals surface area contributed by atoms with Gasteiger partial charge in [-0.2, -0.15) is 0 Å². The Hall–Kier alpha value is -0.980. The number of carbonyl (C=O) groups is 1. The molecule has 0 amide bonds. The van der Waals surface area contributed by atoms with E-state index in [0.29, 0.717) is 24.7 Å². The van der Waals surface area contributed by atoms with Gasteiger partial charge in [-0.1, -0.05) is 0 Å². The van der Waals surface area contributed by atoms with Crippen molar-refractivity contribution in [1.29, 1.82) is 0 Å². The molecular weight excluding hydrogens is 252 g/mol. The van der Waals surface area contributed by atoms with E-state index >= 15 is 0 Å². The molecule has 1 aliphatic heterocycles. The van der Waals surface area contributed by atoms with Gasteiger partial charge in [0.05, 0.1) is 17.9 Å². The number of aromatic nitrogens is 1. The Morgan fingerprint density at radius 3 is 3.11 bits per heavy atom. The topological polar surface area (TPSA) is 62.7 Å². The van der Waals surface area contributed by atoms with Gasteiger partial charge in [-0.05, 0) is 20.3 Å². The average Bonchev–Trinajstić information content (AvgIpc) is 2.86. The molecule has 1 fully saturated rings. The van der Waals surface area contributed by atoms with Crippen molar-refractivity contribution in [2.45, 2.75) is 32.4 Å². The molecule has 6 heteroatoms. The first-order chi connectivity index (χ1) is 8.50. The molecule has 0 saturated carbocycles. The summed E-state index contributed by atoms with van der Waals surface area (Å²) >= 11 is 1.31. The second-order valence-electron chi connectivity index (χ2n) is 4.82. The minimum Gasteiger partial charge on any atom is -0.461 e. The minimum absolute atomic E-state index is 0.359. The maximum atomic E-state index is 11.5. The minimum atomic E-state index is -0.597. The summed E-state index contributed by atoms with van der Waals surface area (Å²) in [6.07, 6.45) is 0.780. The summed E-state index contributed by atoms with van der Waals surface area (Å²) in [5, 5.41) is 12.1. The molecule has 0 radical (unpaired) electrons. The van der Waals surface area contributed by atoms with E-state index in [1.165, 1.54) is 11.3 Å². The van der Waals surface area contributed by atoms with E-state index in [0.717, 1.165) is 18.7 Å². The van der Waals surface area contributed by atoms with Gasteiger partial charge in [0.2, 0.25) is 5.01 Å². The lowest BCUT2D eigenvalue weighted by molar-refractivity contribution is 0.0524. The summed E-state index contributed by atoms with van der Waals surface area (Å²) in [6.45, 7) is 6.17. The van der Waals surface area contributed by atoms with Crippen molar-refractivity contribution in [3.8, 4) is 0 Å². The Bertz CT molecular complexity index is 431. The van der Waals surface area contributed by atoms with Gasteiger partial charge < -0.3 is 9.84 Å². The van der Waals surface area contributed by atoms with Crippen LogP contribution in [0, 0.1) is 0 Å². The van der Waals surface area contributed by atoms with Crippen LogP contribution in [0.15, 0.2) is 5.38 Å². The zero-order valence-corrected chi connectivity index (χ0v) is 11.5. The van der Waals surface area contributed by atoms with E-state index in [2.05, 4.69) is 9.88 Å². The number of β-amino-alcohol motifs (C(OH)–C–C–N with tert-alkyl or cyclic N) is 1. The van der Waals surface area contributed by atoms with E-state index in [4.69, 9.17) is 4.74 Å². The number of ether oxygens (including phenoxy) is 1. The predicted molar refractivity (Wildman–Crippen MR) is 68.6 cm³/mol. The molecule has 1 aliphatic rings. The first-order valence-corrected chi connectivity index (χ1v) is 6.94. The number of hydrogen-bond donors (Lipinski definition) is 1. The fourth-order valence-corrected chi connectivity index (χ4v) is 2.77. The SMILES string of the molecule is CCOC(=O)c1nc(CN2CCC(C)(O)C2)cs1. The van der Waals surface area contributed by atoms with Crippen LogP contribution in [-0.4, -0.2) is 46.3 Å². The average molecular weight is 270 g/mol. The molecule has 0 bridgehead atoms. The van der Waals surface area contributed by atoms with Crippen LogP contribution in [0.2, 0.25) is 0 Å². The van der Waals surface area contributed by atoms with Crippen molar-refractivity contribution in [1.82, 2.24) is 9.88 Å². The maximum absolute atomic E-state index is 11.5. The molecule has 100 valence electrons. The molecule has 0 aromatic carbocycles. The lowest BCUT2D eigenvalue weighted by atomic mass is 10.1. The molecule has 0 aliphatic carbocycles. The largest absolute Gasteiger partial charge is 0.461 e. The van der Waals surface area contributed by atoms with Crippen molar-refractivity contribution in [2.24, 2.45) is 0 Å². The van der Waals surface area contributed by atoms with Gasteiger partial charge in [0, 0.05) is 25.0 Å². The Morgan fingerprint density at radius 1 is 1.72 bits per heavy atom. The highest BCUT2D eigenvalue weighted by molar-refractivity contribution is 7.11. The van der Waals surface area contributed by atoms with Gasteiger partial charge in [0.1, 0.15) is 0 Å². The summed E-state index contributed by atoms with van der Waals surface area (Å²) in [6, 6.07) is 0. The second kappa shape index (κ2) is 5.34. The van der Waals surface area contributed by atoms with E-state index in [-0.39, 0.29) is 5.97 Å². The second-order valence-corrected chi connectivity index (χ2v) is 5.68. The molecule has 2 heterocycles. The Balaban J connectivity index is 1.93. The van der Waals surface area contributed by atoms with Crippen LogP contribution >= 0.6 is 11.3 Å². The first kappa shape index (κ1) is 13.5. The van der Waals surface area contributed by atoms with Crippen molar-refractivity contribution < 1.29 is 14.6 Å². The van der Waals surface area contributed by atoms with Crippen molar-refractivity contribution in [3.05, 3.63) is 16.1 Å². The Kier molecular flexibility index (Phi) is 3.99. The lowest BCUT2D eigenvalue weighted by Gasteiger charge is -2.17. The summed E-state index contributed by atoms with van der Waals surface area (Å²) in [4.78, 5) is 17.9. The molecule has 2 rings (SSSR count). The molecule has 5 nitrogen and oxygen atoms in total. The summed E-state index contributed by atoms with van der Waals surface area (Å²) < 4.78 is 4.90. The number of aliphatic hydroxyl groups is 1. The fourth-order valence-electron chi connectivity index (χ4n) is 2.07. The zero-order chi connectivity index (χ0) is 13.2. The van der Waals surface area contributed by atoms with Gasteiger partial charge >= 0.3 is 5.97 Å². The van der Waals surface area contributed by atoms with Gasteiger partial charge in [-0.25, -0.2) is 9.78 Å². The summed E-state index contributed by atoms with van der Waals surface area (Å²) in [5.41, 5.74) is 0.265. The third kappa shape index (κ3) is 3.28. The number of esters is 1. The Labute approximate surface area is 110 Å². The number of hydrogen-bond acceptors (Lipinski definition) is 6. The molecule has 0 spiro atoms. The number of likely N-dealkylation sites (tertiary alicyclic amines) is 1. The molecule has 18 heavy (non-hydrogen) atoms. The van der Waals surface area contributed by atoms with Crippen LogP contribution in [0.3, 0.4) is 0 Å². The van der Waals surface area contributed by atoms with Crippen LogP contribution in [0.5, 0.6) is 0 Å². The van der Waals surface area contributed by atoms with E-state index in [1.807, 2.05) is 12.3 Å².